The molecular weight excluding hydrogens is 475 g/mol. The summed E-state index contributed by atoms with van der Waals surface area (Å²) >= 11 is 18.4. The van der Waals surface area contributed by atoms with Crippen LogP contribution in [0.4, 0.5) is 11.4 Å². The number of rotatable bonds is 6. The predicted molar refractivity (Wildman–Crippen MR) is 117 cm³/mol. The van der Waals surface area contributed by atoms with Gasteiger partial charge in [0.05, 0.1) is 24.9 Å². The molecule has 156 valence electrons. The normalized spacial score (nSPS) is 11.2. The van der Waals surface area contributed by atoms with Crippen molar-refractivity contribution in [3.63, 3.8) is 0 Å². The van der Waals surface area contributed by atoms with E-state index in [1.807, 2.05) is 13.0 Å². The van der Waals surface area contributed by atoms with E-state index in [1.54, 1.807) is 18.2 Å². The number of halogens is 3. The number of hydrogen-bond acceptors (Lipinski definition) is 5. The fraction of sp³-hybridized carbons (Fsp3) is 0.0526. The van der Waals surface area contributed by atoms with Gasteiger partial charge in [-0.2, -0.15) is 0 Å². The topological polar surface area (TPSA) is 98.5 Å². The molecule has 0 aromatic heterocycles. The van der Waals surface area contributed by atoms with E-state index in [-0.39, 0.29) is 37.1 Å². The Bertz CT molecular complexity index is 1230. The number of non-ortho nitro benzene ring substituents is 1. The Labute approximate surface area is 187 Å². The van der Waals surface area contributed by atoms with Crippen LogP contribution in [-0.2, 0) is 10.0 Å². The molecule has 0 aliphatic carbocycles. The fourth-order valence-corrected chi connectivity index (χ4v) is 4.52. The smallest absolute Gasteiger partial charge is 0.271 e. The van der Waals surface area contributed by atoms with Gasteiger partial charge < -0.3 is 4.74 Å². The van der Waals surface area contributed by atoms with Gasteiger partial charge in [-0.15, -0.1) is 0 Å². The maximum atomic E-state index is 12.7. The van der Waals surface area contributed by atoms with Gasteiger partial charge in [0.1, 0.15) is 5.75 Å². The van der Waals surface area contributed by atoms with Crippen LogP contribution in [0.5, 0.6) is 11.5 Å². The molecule has 3 aromatic carbocycles. The Morgan fingerprint density at radius 2 is 1.63 bits per heavy atom. The molecule has 0 amide bonds. The summed E-state index contributed by atoms with van der Waals surface area (Å²) in [7, 11) is -3.96. The van der Waals surface area contributed by atoms with Crippen LogP contribution in [0.2, 0.25) is 15.1 Å². The fourth-order valence-electron chi connectivity index (χ4n) is 2.51. The molecule has 1 N–H and O–H groups in total. The highest BCUT2D eigenvalue weighted by molar-refractivity contribution is 7.92. The summed E-state index contributed by atoms with van der Waals surface area (Å²) in [5.74, 6) is 0.0307. The largest absolute Gasteiger partial charge is 0.453 e. The average molecular weight is 488 g/mol. The van der Waals surface area contributed by atoms with E-state index in [9.17, 15) is 18.5 Å². The molecule has 11 heteroatoms. The number of sulfonamides is 1. The number of nitrogens with zero attached hydrogens (tertiary/aromatic N) is 1. The Balaban J connectivity index is 1.91. The number of nitro groups is 1. The third kappa shape index (κ3) is 4.96. The SMILES string of the molecule is Cc1cccc(NS(=O)(=O)c2cc(Cl)c(Oc3ccc([N+](=O)[O-])cc3Cl)c(Cl)c2)c1. The van der Waals surface area contributed by atoms with E-state index < -0.39 is 14.9 Å². The first-order valence-electron chi connectivity index (χ1n) is 8.27. The number of hydrogen-bond donors (Lipinski definition) is 1. The summed E-state index contributed by atoms with van der Waals surface area (Å²) < 4.78 is 33.4. The molecule has 0 spiro atoms. The molecule has 0 aliphatic rings. The molecule has 7 nitrogen and oxygen atoms in total. The number of anilines is 1. The molecule has 0 unspecified atom stereocenters. The van der Waals surface area contributed by atoms with Gasteiger partial charge in [0.2, 0.25) is 0 Å². The molecule has 0 saturated carbocycles. The molecule has 3 rings (SSSR count). The standard InChI is InChI=1S/C19H13Cl3N2O5S/c1-11-3-2-4-12(7-11)23-30(27,28)14-9-16(21)19(17(22)10-14)29-18-6-5-13(24(25)26)8-15(18)20/h2-10,23H,1H3. The van der Waals surface area contributed by atoms with Crippen molar-refractivity contribution < 1.29 is 18.1 Å². The van der Waals surface area contributed by atoms with Crippen molar-refractivity contribution in [2.75, 3.05) is 4.72 Å². The van der Waals surface area contributed by atoms with Gasteiger partial charge in [-0.25, -0.2) is 8.42 Å². The van der Waals surface area contributed by atoms with Crippen molar-refractivity contribution in [1.82, 2.24) is 0 Å². The highest BCUT2D eigenvalue weighted by Crippen LogP contribution is 2.41. The highest BCUT2D eigenvalue weighted by atomic mass is 35.5. The van der Waals surface area contributed by atoms with Crippen LogP contribution in [0.15, 0.2) is 59.5 Å². The first kappa shape index (κ1) is 22.2. The number of nitro benzene ring substituents is 1. The van der Waals surface area contributed by atoms with Crippen LogP contribution < -0.4 is 9.46 Å². The zero-order chi connectivity index (χ0) is 22.1. The third-order valence-electron chi connectivity index (χ3n) is 3.89. The minimum atomic E-state index is -3.96. The summed E-state index contributed by atoms with van der Waals surface area (Å²) in [6.07, 6.45) is 0. The van der Waals surface area contributed by atoms with E-state index >= 15 is 0 Å². The van der Waals surface area contributed by atoms with Crippen LogP contribution >= 0.6 is 34.8 Å². The lowest BCUT2D eigenvalue weighted by atomic mass is 10.2. The van der Waals surface area contributed by atoms with E-state index in [0.717, 1.165) is 11.6 Å². The molecule has 0 aliphatic heterocycles. The quantitative estimate of drug-likeness (QED) is 0.318. The molecule has 0 heterocycles. The lowest BCUT2D eigenvalue weighted by Gasteiger charge is -2.14. The number of benzene rings is 3. The molecular formula is C19H13Cl3N2O5S. The van der Waals surface area contributed by atoms with Gasteiger partial charge >= 0.3 is 0 Å². The van der Waals surface area contributed by atoms with Crippen molar-refractivity contribution in [3.8, 4) is 11.5 Å². The van der Waals surface area contributed by atoms with Gasteiger partial charge in [0.15, 0.2) is 5.75 Å². The summed E-state index contributed by atoms with van der Waals surface area (Å²) in [5, 5.41) is 10.6. The van der Waals surface area contributed by atoms with E-state index in [0.29, 0.717) is 5.69 Å². The van der Waals surface area contributed by atoms with Crippen molar-refractivity contribution >= 4 is 56.2 Å². The maximum Gasteiger partial charge on any atom is 0.271 e. The molecule has 0 saturated heterocycles. The summed E-state index contributed by atoms with van der Waals surface area (Å²) in [6, 6.07) is 12.8. The second-order valence-electron chi connectivity index (χ2n) is 6.16. The van der Waals surface area contributed by atoms with Gasteiger partial charge in [-0.1, -0.05) is 46.9 Å². The summed E-state index contributed by atoms with van der Waals surface area (Å²) in [4.78, 5) is 10.0. The van der Waals surface area contributed by atoms with Gasteiger partial charge in [0.25, 0.3) is 15.7 Å². The second-order valence-corrected chi connectivity index (χ2v) is 9.07. The molecule has 3 aromatic rings. The molecule has 0 fully saturated rings. The van der Waals surface area contributed by atoms with Crippen LogP contribution in [0.3, 0.4) is 0 Å². The van der Waals surface area contributed by atoms with E-state index in [1.165, 1.54) is 24.3 Å². The van der Waals surface area contributed by atoms with Crippen molar-refractivity contribution in [1.29, 1.82) is 0 Å². The van der Waals surface area contributed by atoms with Crippen molar-refractivity contribution in [2.45, 2.75) is 11.8 Å². The van der Waals surface area contributed by atoms with Gasteiger partial charge in [0, 0.05) is 17.8 Å². The first-order valence-corrected chi connectivity index (χ1v) is 10.9. The monoisotopic (exact) mass is 486 g/mol. The number of ether oxygens (including phenoxy) is 1. The minimum Gasteiger partial charge on any atom is -0.453 e. The zero-order valence-electron chi connectivity index (χ0n) is 15.2. The van der Waals surface area contributed by atoms with Crippen molar-refractivity contribution in [3.05, 3.63) is 85.3 Å². The zero-order valence-corrected chi connectivity index (χ0v) is 18.3. The molecule has 0 bridgehead atoms. The third-order valence-corrected chi connectivity index (χ3v) is 6.11. The number of nitrogens with one attached hydrogen (secondary N) is 1. The van der Waals surface area contributed by atoms with Crippen LogP contribution in [0, 0.1) is 17.0 Å². The predicted octanol–water partition coefficient (Wildman–Crippen LogP) is 6.46. The van der Waals surface area contributed by atoms with Crippen LogP contribution in [-0.4, -0.2) is 13.3 Å². The number of aryl methyl sites for hydroxylation is 1. The lowest BCUT2D eigenvalue weighted by molar-refractivity contribution is -0.384. The Morgan fingerprint density at radius 1 is 0.967 bits per heavy atom. The second kappa shape index (κ2) is 8.69. The van der Waals surface area contributed by atoms with Gasteiger partial charge in [-0.05, 0) is 42.8 Å². The van der Waals surface area contributed by atoms with Crippen LogP contribution in [0.25, 0.3) is 0 Å². The molecule has 0 radical (unpaired) electrons. The summed E-state index contributed by atoms with van der Waals surface area (Å²) in [6.45, 7) is 1.83. The molecule has 0 atom stereocenters. The van der Waals surface area contributed by atoms with E-state index in [2.05, 4.69) is 4.72 Å². The van der Waals surface area contributed by atoms with E-state index in [4.69, 9.17) is 39.5 Å². The van der Waals surface area contributed by atoms with Crippen molar-refractivity contribution in [2.24, 2.45) is 0 Å². The Morgan fingerprint density at radius 3 is 2.20 bits per heavy atom. The maximum absolute atomic E-state index is 12.7. The van der Waals surface area contributed by atoms with Gasteiger partial charge in [-0.3, -0.25) is 14.8 Å². The Hall–Kier alpha value is -2.52. The lowest BCUT2D eigenvalue weighted by Crippen LogP contribution is -2.13. The first-order chi connectivity index (χ1) is 14.1. The Kier molecular flexibility index (Phi) is 6.42. The van der Waals surface area contributed by atoms with Crippen LogP contribution in [0.1, 0.15) is 5.56 Å². The average Bonchev–Trinajstić information content (AvgIpc) is 2.65. The minimum absolute atomic E-state index is 0.0332. The molecule has 30 heavy (non-hydrogen) atoms. The summed E-state index contributed by atoms with van der Waals surface area (Å²) in [5.41, 5.74) is 1.06. The highest BCUT2D eigenvalue weighted by Gasteiger charge is 2.21.